The highest BCUT2D eigenvalue weighted by Gasteiger charge is 2.13. The predicted octanol–water partition coefficient (Wildman–Crippen LogP) is 3.48. The molecule has 2 N–H and O–H groups in total. The van der Waals surface area contributed by atoms with Gasteiger partial charge in [-0.05, 0) is 30.7 Å². The van der Waals surface area contributed by atoms with Crippen LogP contribution in [0.4, 0.5) is 13.2 Å². The molecule has 0 aliphatic heterocycles. The van der Waals surface area contributed by atoms with Crippen molar-refractivity contribution in [3.63, 3.8) is 0 Å². The molecule has 0 saturated heterocycles. The molecule has 164 valence electrons. The Labute approximate surface area is 175 Å². The fourth-order valence-corrected chi connectivity index (χ4v) is 2.59. The summed E-state index contributed by atoms with van der Waals surface area (Å²) in [5.41, 5.74) is 7.32. The molecule has 2 heterocycles. The summed E-state index contributed by atoms with van der Waals surface area (Å²) in [5, 5.41) is 3.94. The van der Waals surface area contributed by atoms with Crippen LogP contribution in [0.1, 0.15) is 12.5 Å². The lowest BCUT2D eigenvalue weighted by Crippen LogP contribution is -2.18. The minimum absolute atomic E-state index is 0.0252. The number of nitrogens with two attached hydrogens (primary N) is 1. The lowest BCUT2D eigenvalue weighted by molar-refractivity contribution is 0.0794. The number of halogens is 3. The number of aromatic nitrogens is 3. The number of benzene rings is 1. The fourth-order valence-electron chi connectivity index (χ4n) is 2.59. The second kappa shape index (κ2) is 10.4. The van der Waals surface area contributed by atoms with Gasteiger partial charge in [0.25, 0.3) is 12.4 Å². The van der Waals surface area contributed by atoms with E-state index in [1.165, 1.54) is 18.5 Å². The maximum atomic E-state index is 14.1. The van der Waals surface area contributed by atoms with Gasteiger partial charge in [-0.25, -0.2) is 28.1 Å². The van der Waals surface area contributed by atoms with Gasteiger partial charge >= 0.3 is 0 Å². The van der Waals surface area contributed by atoms with E-state index in [9.17, 15) is 13.2 Å². The first-order chi connectivity index (χ1) is 15.0. The van der Waals surface area contributed by atoms with Crippen molar-refractivity contribution in [3.05, 3.63) is 48.0 Å². The van der Waals surface area contributed by atoms with Crippen LogP contribution >= 0.6 is 0 Å². The van der Waals surface area contributed by atoms with Crippen LogP contribution in [0.5, 0.6) is 5.88 Å². The van der Waals surface area contributed by atoms with E-state index in [0.717, 1.165) is 0 Å². The molecule has 8 nitrogen and oxygen atoms in total. The number of aliphatic imine (C=N–C) groups is 1. The van der Waals surface area contributed by atoms with E-state index in [1.807, 2.05) is 6.92 Å². The van der Waals surface area contributed by atoms with Crippen molar-refractivity contribution in [3.8, 4) is 28.6 Å². The minimum Gasteiger partial charge on any atom is -0.470 e. The zero-order valence-corrected chi connectivity index (χ0v) is 16.6. The van der Waals surface area contributed by atoms with Crippen molar-refractivity contribution in [2.45, 2.75) is 19.8 Å². The molecule has 0 radical (unpaired) electrons. The average molecular weight is 435 g/mol. The summed E-state index contributed by atoms with van der Waals surface area (Å²) in [6, 6.07) is 6.19. The quantitative estimate of drug-likeness (QED) is 0.405. The van der Waals surface area contributed by atoms with E-state index in [4.69, 9.17) is 19.7 Å². The average Bonchev–Trinajstić information content (AvgIpc) is 3.24. The topological polar surface area (TPSA) is 109 Å². The summed E-state index contributed by atoms with van der Waals surface area (Å²) >= 11 is 0. The van der Waals surface area contributed by atoms with Gasteiger partial charge in [0.15, 0.2) is 12.4 Å². The molecule has 0 fully saturated rings. The summed E-state index contributed by atoms with van der Waals surface area (Å²) in [7, 11) is 0. The molecule has 0 unspecified atom stereocenters. The number of hydrogen-bond acceptors (Lipinski definition) is 7. The second-order valence-corrected chi connectivity index (χ2v) is 6.24. The fraction of sp³-hybridized carbons (Fsp3) is 0.300. The molecule has 0 amide bonds. The van der Waals surface area contributed by atoms with Gasteiger partial charge in [-0.2, -0.15) is 0 Å². The van der Waals surface area contributed by atoms with Gasteiger partial charge in [0.2, 0.25) is 5.88 Å². The predicted molar refractivity (Wildman–Crippen MR) is 106 cm³/mol. The van der Waals surface area contributed by atoms with Crippen molar-refractivity contribution < 1.29 is 27.2 Å². The van der Waals surface area contributed by atoms with Crippen molar-refractivity contribution in [1.29, 1.82) is 0 Å². The summed E-state index contributed by atoms with van der Waals surface area (Å²) in [5.74, 6) is -0.0184. The molecule has 2 aromatic heterocycles. The normalized spacial score (nSPS) is 11.7. The number of alkyl halides is 2. The van der Waals surface area contributed by atoms with Crippen molar-refractivity contribution in [2.24, 2.45) is 10.7 Å². The molecule has 0 aliphatic carbocycles. The monoisotopic (exact) mass is 435 g/mol. The largest absolute Gasteiger partial charge is 0.470 e. The molecule has 0 aliphatic rings. The molecular weight excluding hydrogens is 415 g/mol. The first-order valence-corrected chi connectivity index (χ1v) is 9.38. The zero-order valence-electron chi connectivity index (χ0n) is 16.6. The number of amidine groups is 1. The van der Waals surface area contributed by atoms with Crippen molar-refractivity contribution >= 4 is 6.02 Å². The Bertz CT molecular complexity index is 1030. The molecule has 0 spiro atoms. The molecular formula is C20H20F3N5O3. The van der Waals surface area contributed by atoms with E-state index >= 15 is 0 Å². The van der Waals surface area contributed by atoms with Crippen LogP contribution in [0.15, 0.2) is 46.2 Å². The van der Waals surface area contributed by atoms with E-state index in [-0.39, 0.29) is 30.7 Å². The summed E-state index contributed by atoms with van der Waals surface area (Å²) < 4.78 is 53.9. The van der Waals surface area contributed by atoms with Crippen LogP contribution in [0.2, 0.25) is 0 Å². The number of rotatable bonds is 9. The number of hydrogen-bond donors (Lipinski definition) is 1. The highest BCUT2D eigenvalue weighted by Crippen LogP contribution is 2.27. The highest BCUT2D eigenvalue weighted by atomic mass is 19.3. The molecule has 0 bridgehead atoms. The van der Waals surface area contributed by atoms with E-state index in [2.05, 4.69) is 20.1 Å². The van der Waals surface area contributed by atoms with Gasteiger partial charge < -0.3 is 19.7 Å². The molecule has 3 aromatic rings. The Morgan fingerprint density at radius 1 is 1.19 bits per heavy atom. The molecule has 3 rings (SSSR count). The molecule has 11 heteroatoms. The maximum absolute atomic E-state index is 14.1. The first-order valence-electron chi connectivity index (χ1n) is 9.38. The van der Waals surface area contributed by atoms with Gasteiger partial charge in [0.1, 0.15) is 17.2 Å². The Kier molecular flexibility index (Phi) is 7.41. The van der Waals surface area contributed by atoms with Crippen LogP contribution in [0.25, 0.3) is 22.7 Å². The standard InChI is InChI=1S/C20H20F3N5O3/c1-2-25-20(24)29-6-5-12-7-13(3-4-14(12)21)17-8-15(28-31-17)16-9-27-19(10-26-16)30-11-18(22)23/h3-4,7-10,18H,2,5-6,11H2,1H3,(H2,24,25). The second-order valence-electron chi connectivity index (χ2n) is 6.24. The van der Waals surface area contributed by atoms with Gasteiger partial charge in [0, 0.05) is 24.6 Å². The Hall–Kier alpha value is -3.63. The molecule has 0 atom stereocenters. The van der Waals surface area contributed by atoms with E-state index in [0.29, 0.717) is 34.8 Å². The van der Waals surface area contributed by atoms with Crippen molar-refractivity contribution in [1.82, 2.24) is 15.1 Å². The van der Waals surface area contributed by atoms with Crippen LogP contribution in [0, 0.1) is 5.82 Å². The van der Waals surface area contributed by atoms with Crippen molar-refractivity contribution in [2.75, 3.05) is 19.8 Å². The maximum Gasteiger partial charge on any atom is 0.281 e. The Balaban J connectivity index is 1.69. The van der Waals surface area contributed by atoms with Gasteiger partial charge in [-0.3, -0.25) is 0 Å². The zero-order chi connectivity index (χ0) is 22.2. The molecule has 1 aromatic carbocycles. The van der Waals surface area contributed by atoms with Crippen LogP contribution in [0.3, 0.4) is 0 Å². The summed E-state index contributed by atoms with van der Waals surface area (Å²) in [4.78, 5) is 11.9. The van der Waals surface area contributed by atoms with Gasteiger partial charge in [-0.15, -0.1) is 0 Å². The van der Waals surface area contributed by atoms with Crippen LogP contribution in [-0.2, 0) is 11.2 Å². The Morgan fingerprint density at radius 3 is 2.74 bits per heavy atom. The summed E-state index contributed by atoms with van der Waals surface area (Å²) in [6.45, 7) is 1.73. The lowest BCUT2D eigenvalue weighted by atomic mass is 10.1. The third kappa shape index (κ3) is 6.17. The minimum atomic E-state index is -2.60. The van der Waals surface area contributed by atoms with Crippen LogP contribution in [-0.4, -0.2) is 47.3 Å². The smallest absolute Gasteiger partial charge is 0.281 e. The van der Waals surface area contributed by atoms with E-state index < -0.39 is 13.0 Å². The van der Waals surface area contributed by atoms with Crippen LogP contribution < -0.4 is 10.5 Å². The third-order valence-electron chi connectivity index (χ3n) is 4.02. The van der Waals surface area contributed by atoms with Gasteiger partial charge in [-0.1, -0.05) is 5.16 Å². The molecule has 31 heavy (non-hydrogen) atoms. The molecule has 0 saturated carbocycles. The summed E-state index contributed by atoms with van der Waals surface area (Å²) in [6.07, 6.45) is 0.230. The Morgan fingerprint density at radius 2 is 2.03 bits per heavy atom. The number of nitrogens with zero attached hydrogens (tertiary/aromatic N) is 4. The SMILES string of the molecule is CCN=C(N)OCCc1cc(-c2cc(-c3cnc(OCC(F)F)cn3)no2)ccc1F. The highest BCUT2D eigenvalue weighted by molar-refractivity contribution is 5.71. The van der Waals surface area contributed by atoms with Gasteiger partial charge in [0.05, 0.1) is 19.0 Å². The lowest BCUT2D eigenvalue weighted by Gasteiger charge is -2.07. The third-order valence-corrected chi connectivity index (χ3v) is 4.02. The van der Waals surface area contributed by atoms with E-state index in [1.54, 1.807) is 18.2 Å². The number of ether oxygens (including phenoxy) is 2. The first kappa shape index (κ1) is 22.1.